The zero-order valence-electron chi connectivity index (χ0n) is 10.3. The van der Waals surface area contributed by atoms with Crippen molar-refractivity contribution < 1.29 is 0 Å². The largest absolute Gasteiger partial charge is 0.330 e. The third-order valence-electron chi connectivity index (χ3n) is 3.23. The second-order valence-electron chi connectivity index (χ2n) is 4.59. The number of aryl methyl sites for hydroxylation is 1. The smallest absolute Gasteiger partial charge is 0.154 e. The molecule has 0 spiro atoms. The summed E-state index contributed by atoms with van der Waals surface area (Å²) >= 11 is 0. The third kappa shape index (κ3) is 2.13. The van der Waals surface area contributed by atoms with Crippen molar-refractivity contribution in [1.29, 1.82) is 0 Å². The van der Waals surface area contributed by atoms with Crippen LogP contribution < -0.4 is 5.73 Å². The van der Waals surface area contributed by atoms with E-state index in [1.165, 1.54) is 12.8 Å². The van der Waals surface area contributed by atoms with Gasteiger partial charge in [-0.15, -0.1) is 15.3 Å². The topological polar surface area (TPSA) is 87.4 Å². The fraction of sp³-hybridized carbons (Fsp3) is 0.636. The van der Waals surface area contributed by atoms with Crippen molar-refractivity contribution in [3.8, 4) is 0 Å². The monoisotopic (exact) mass is 247 g/mol. The van der Waals surface area contributed by atoms with Crippen LogP contribution in [0.2, 0.25) is 0 Å². The van der Waals surface area contributed by atoms with Crippen LogP contribution in [0.15, 0.2) is 6.20 Å². The molecule has 2 N–H and O–H groups in total. The summed E-state index contributed by atoms with van der Waals surface area (Å²) < 4.78 is 4.00. The molecule has 0 aliphatic carbocycles. The molecule has 0 unspecified atom stereocenters. The highest BCUT2D eigenvalue weighted by atomic mass is 15.4. The molecule has 96 valence electrons. The van der Waals surface area contributed by atoms with E-state index in [4.69, 9.17) is 5.73 Å². The Hall–Kier alpha value is -1.76. The lowest BCUT2D eigenvalue weighted by Gasteiger charge is -2.14. The minimum absolute atomic E-state index is 0.596. The van der Waals surface area contributed by atoms with Gasteiger partial charge in [0.1, 0.15) is 12.4 Å². The van der Waals surface area contributed by atoms with Crippen LogP contribution in [0.5, 0.6) is 0 Å². The van der Waals surface area contributed by atoms with Crippen LogP contribution in [-0.2, 0) is 25.9 Å². The number of nitrogens with zero attached hydrogens (tertiary/aromatic N) is 6. The number of hydrogen-bond acceptors (Lipinski definition) is 5. The molecular weight excluding hydrogens is 230 g/mol. The zero-order chi connectivity index (χ0) is 12.4. The van der Waals surface area contributed by atoms with Gasteiger partial charge in [0, 0.05) is 25.6 Å². The first kappa shape index (κ1) is 11.3. The molecule has 2 aromatic rings. The fourth-order valence-electron chi connectivity index (χ4n) is 2.31. The molecule has 0 amide bonds. The summed E-state index contributed by atoms with van der Waals surface area (Å²) in [6.07, 6.45) is 6.13. The second kappa shape index (κ2) is 4.85. The molecule has 18 heavy (non-hydrogen) atoms. The summed E-state index contributed by atoms with van der Waals surface area (Å²) in [5.74, 6) is 2.06. The average Bonchev–Trinajstić information content (AvgIpc) is 2.99. The summed E-state index contributed by atoms with van der Waals surface area (Å²) in [5, 5.41) is 16.6. The highest BCUT2D eigenvalue weighted by Crippen LogP contribution is 2.14. The van der Waals surface area contributed by atoms with E-state index < -0.39 is 0 Å². The molecule has 0 saturated carbocycles. The maximum atomic E-state index is 5.49. The second-order valence-corrected chi connectivity index (χ2v) is 4.59. The van der Waals surface area contributed by atoms with E-state index in [9.17, 15) is 0 Å². The average molecular weight is 247 g/mol. The minimum Gasteiger partial charge on any atom is -0.330 e. The summed E-state index contributed by atoms with van der Waals surface area (Å²) in [4.78, 5) is 0. The Kier molecular flexibility index (Phi) is 3.06. The predicted octanol–water partition coefficient (Wildman–Crippen LogP) is -0.245. The van der Waals surface area contributed by atoms with Gasteiger partial charge >= 0.3 is 0 Å². The lowest BCUT2D eigenvalue weighted by molar-refractivity contribution is 0.493. The van der Waals surface area contributed by atoms with Gasteiger partial charge in [0.15, 0.2) is 5.82 Å². The molecule has 0 aromatic carbocycles. The predicted molar refractivity (Wildman–Crippen MR) is 64.8 cm³/mol. The Morgan fingerprint density at radius 1 is 1.22 bits per heavy atom. The molecule has 7 nitrogen and oxygen atoms in total. The van der Waals surface area contributed by atoms with Crippen LogP contribution in [0, 0.1) is 0 Å². The highest BCUT2D eigenvalue weighted by Gasteiger charge is 2.16. The maximum Gasteiger partial charge on any atom is 0.154 e. The molecular formula is C11H17N7. The summed E-state index contributed by atoms with van der Waals surface area (Å²) in [6.45, 7) is 2.24. The van der Waals surface area contributed by atoms with Crippen molar-refractivity contribution in [2.75, 3.05) is 6.54 Å². The molecule has 3 heterocycles. The van der Waals surface area contributed by atoms with Crippen LogP contribution in [-0.4, -0.2) is 36.3 Å². The standard InChI is InChI=1S/C11H17N7/c12-5-4-9-7-17(16-13-9)8-11-15-14-10-3-1-2-6-18(10)11/h7H,1-6,8,12H2. The van der Waals surface area contributed by atoms with Crippen molar-refractivity contribution >= 4 is 0 Å². The van der Waals surface area contributed by atoms with Gasteiger partial charge in [-0.3, -0.25) is 0 Å². The van der Waals surface area contributed by atoms with Crippen molar-refractivity contribution in [2.24, 2.45) is 5.73 Å². The first-order valence-corrected chi connectivity index (χ1v) is 6.37. The molecule has 1 aliphatic rings. The van der Waals surface area contributed by atoms with E-state index in [0.29, 0.717) is 13.1 Å². The van der Waals surface area contributed by atoms with Gasteiger partial charge in [-0.05, 0) is 19.4 Å². The first-order valence-electron chi connectivity index (χ1n) is 6.37. The van der Waals surface area contributed by atoms with Crippen LogP contribution in [0.4, 0.5) is 0 Å². The van der Waals surface area contributed by atoms with Crippen LogP contribution in [0.3, 0.4) is 0 Å². The molecule has 0 radical (unpaired) electrons. The summed E-state index contributed by atoms with van der Waals surface area (Å²) in [5.41, 5.74) is 6.42. The number of aromatic nitrogens is 6. The van der Waals surface area contributed by atoms with Gasteiger partial charge in [0.2, 0.25) is 0 Å². The first-order chi connectivity index (χ1) is 8.86. The maximum absolute atomic E-state index is 5.49. The van der Waals surface area contributed by atoms with Gasteiger partial charge in [-0.1, -0.05) is 5.21 Å². The fourth-order valence-corrected chi connectivity index (χ4v) is 2.31. The quantitative estimate of drug-likeness (QED) is 0.805. The Morgan fingerprint density at radius 3 is 3.06 bits per heavy atom. The van der Waals surface area contributed by atoms with Gasteiger partial charge in [-0.2, -0.15) is 0 Å². The number of nitrogens with two attached hydrogens (primary N) is 1. The molecule has 1 aliphatic heterocycles. The van der Waals surface area contributed by atoms with Crippen molar-refractivity contribution in [2.45, 2.75) is 38.8 Å². The number of fused-ring (bicyclic) bond motifs is 1. The van der Waals surface area contributed by atoms with E-state index in [1.807, 2.05) is 6.20 Å². The third-order valence-corrected chi connectivity index (χ3v) is 3.23. The Morgan fingerprint density at radius 2 is 2.17 bits per heavy atom. The Balaban J connectivity index is 1.77. The van der Waals surface area contributed by atoms with Gasteiger partial charge in [0.25, 0.3) is 0 Å². The normalized spacial score (nSPS) is 14.7. The van der Waals surface area contributed by atoms with Crippen LogP contribution in [0.25, 0.3) is 0 Å². The Bertz CT molecular complexity index is 527. The van der Waals surface area contributed by atoms with Crippen molar-refractivity contribution in [1.82, 2.24) is 29.8 Å². The minimum atomic E-state index is 0.596. The lowest BCUT2D eigenvalue weighted by atomic mass is 10.2. The summed E-state index contributed by atoms with van der Waals surface area (Å²) in [6, 6.07) is 0. The molecule has 2 aromatic heterocycles. The van der Waals surface area contributed by atoms with E-state index in [-0.39, 0.29) is 0 Å². The van der Waals surface area contributed by atoms with E-state index in [2.05, 4.69) is 25.1 Å². The lowest BCUT2D eigenvalue weighted by Crippen LogP contribution is -2.15. The molecule has 0 atom stereocenters. The van der Waals surface area contributed by atoms with Gasteiger partial charge in [-0.25, -0.2) is 4.68 Å². The molecule has 3 rings (SSSR count). The zero-order valence-corrected chi connectivity index (χ0v) is 10.3. The van der Waals surface area contributed by atoms with Gasteiger partial charge in [0.05, 0.1) is 5.69 Å². The summed E-state index contributed by atoms with van der Waals surface area (Å²) in [7, 11) is 0. The van der Waals surface area contributed by atoms with Crippen molar-refractivity contribution in [3.05, 3.63) is 23.5 Å². The number of rotatable bonds is 4. The van der Waals surface area contributed by atoms with Gasteiger partial charge < -0.3 is 10.3 Å². The molecule has 0 saturated heterocycles. The van der Waals surface area contributed by atoms with Crippen LogP contribution >= 0.6 is 0 Å². The molecule has 7 heteroatoms. The number of hydrogen-bond donors (Lipinski definition) is 1. The molecule has 0 bridgehead atoms. The van der Waals surface area contributed by atoms with E-state index >= 15 is 0 Å². The van der Waals surface area contributed by atoms with E-state index in [0.717, 1.165) is 36.7 Å². The molecule has 0 fully saturated rings. The van der Waals surface area contributed by atoms with Crippen molar-refractivity contribution in [3.63, 3.8) is 0 Å². The van der Waals surface area contributed by atoms with Crippen LogP contribution in [0.1, 0.15) is 30.2 Å². The Labute approximate surface area is 105 Å². The van der Waals surface area contributed by atoms with E-state index in [1.54, 1.807) is 4.68 Å². The highest BCUT2D eigenvalue weighted by molar-refractivity contribution is 5.00. The SMILES string of the molecule is NCCc1cn(Cc2nnc3n2CCCC3)nn1.